The number of nitrogens with one attached hydrogen (secondary N) is 1. The van der Waals surface area contributed by atoms with Crippen LogP contribution < -0.4 is 5.32 Å². The van der Waals surface area contributed by atoms with Crippen LogP contribution in [0.3, 0.4) is 0 Å². The molecule has 2 aliphatic heterocycles. The van der Waals surface area contributed by atoms with Crippen LogP contribution in [0.2, 0.25) is 0 Å². The zero-order valence-corrected chi connectivity index (χ0v) is 13.5. The first kappa shape index (κ1) is 14.5. The van der Waals surface area contributed by atoms with E-state index in [4.69, 9.17) is 4.74 Å². The van der Waals surface area contributed by atoms with Gasteiger partial charge in [0.05, 0.1) is 11.7 Å². The van der Waals surface area contributed by atoms with Crippen LogP contribution in [0.25, 0.3) is 0 Å². The van der Waals surface area contributed by atoms with E-state index in [2.05, 4.69) is 10.2 Å². The van der Waals surface area contributed by atoms with E-state index in [1.807, 2.05) is 0 Å². The van der Waals surface area contributed by atoms with E-state index in [0.29, 0.717) is 11.7 Å². The largest absolute Gasteiger partial charge is 0.370 e. The lowest BCUT2D eigenvalue weighted by Gasteiger charge is -2.33. The van der Waals surface area contributed by atoms with Gasteiger partial charge in [0.2, 0.25) is 0 Å². The fourth-order valence-corrected chi connectivity index (χ4v) is 4.85. The summed E-state index contributed by atoms with van der Waals surface area (Å²) in [6.07, 6.45) is 15.6. The van der Waals surface area contributed by atoms with Gasteiger partial charge in [-0.15, -0.1) is 0 Å². The highest BCUT2D eigenvalue weighted by molar-refractivity contribution is 4.95. The maximum atomic E-state index is 6.55. The van der Waals surface area contributed by atoms with Gasteiger partial charge in [-0.05, 0) is 57.9 Å². The summed E-state index contributed by atoms with van der Waals surface area (Å²) in [4.78, 5) is 2.77. The van der Waals surface area contributed by atoms with Crippen LogP contribution in [-0.2, 0) is 4.74 Å². The number of ether oxygens (including phenoxy) is 1. The zero-order chi connectivity index (χ0) is 14.1. The molecule has 2 aliphatic carbocycles. The smallest absolute Gasteiger partial charge is 0.0710 e. The molecule has 4 rings (SSSR count). The van der Waals surface area contributed by atoms with Gasteiger partial charge in [-0.3, -0.25) is 4.90 Å². The van der Waals surface area contributed by atoms with E-state index in [1.54, 1.807) is 0 Å². The van der Waals surface area contributed by atoms with Crippen LogP contribution >= 0.6 is 0 Å². The van der Waals surface area contributed by atoms with Gasteiger partial charge in [-0.2, -0.15) is 0 Å². The lowest BCUT2D eigenvalue weighted by Crippen LogP contribution is -2.46. The molecule has 2 unspecified atom stereocenters. The van der Waals surface area contributed by atoms with Crippen LogP contribution in [0.4, 0.5) is 0 Å². The Hall–Kier alpha value is -0.120. The van der Waals surface area contributed by atoms with E-state index < -0.39 is 0 Å². The predicted octanol–water partition coefficient (Wildman–Crippen LogP) is 3.08. The van der Waals surface area contributed by atoms with Gasteiger partial charge in [0, 0.05) is 25.2 Å². The van der Waals surface area contributed by atoms with E-state index in [9.17, 15) is 0 Å². The minimum absolute atomic E-state index is 0.309. The van der Waals surface area contributed by atoms with Crippen LogP contribution in [0, 0.1) is 0 Å². The molecule has 0 bridgehead atoms. The molecule has 2 saturated carbocycles. The SMILES string of the molecule is C1CCC(CN(CC2CCC3(CCCC3)O2)C2CC2)NC1. The average molecular weight is 292 g/mol. The molecule has 120 valence electrons. The van der Waals surface area contributed by atoms with Crippen molar-refractivity contribution in [2.24, 2.45) is 0 Å². The third kappa shape index (κ3) is 3.46. The van der Waals surface area contributed by atoms with Crippen molar-refractivity contribution < 1.29 is 4.74 Å². The van der Waals surface area contributed by atoms with Crippen molar-refractivity contribution in [3.8, 4) is 0 Å². The van der Waals surface area contributed by atoms with Gasteiger partial charge in [-0.1, -0.05) is 19.3 Å². The molecule has 0 radical (unpaired) electrons. The second-order valence-corrected chi connectivity index (χ2v) is 8.00. The van der Waals surface area contributed by atoms with Crippen LogP contribution in [0.5, 0.6) is 0 Å². The Balaban J connectivity index is 1.30. The van der Waals surface area contributed by atoms with Crippen molar-refractivity contribution >= 4 is 0 Å². The van der Waals surface area contributed by atoms with Crippen molar-refractivity contribution in [2.45, 2.75) is 94.4 Å². The summed E-state index contributed by atoms with van der Waals surface area (Å²) in [7, 11) is 0. The number of nitrogens with zero attached hydrogens (tertiary/aromatic N) is 1. The molecule has 3 nitrogen and oxygen atoms in total. The molecule has 3 heteroatoms. The quantitative estimate of drug-likeness (QED) is 0.843. The Bertz CT molecular complexity index is 343. The van der Waals surface area contributed by atoms with Gasteiger partial charge in [0.25, 0.3) is 0 Å². The minimum atomic E-state index is 0.309. The Morgan fingerprint density at radius 3 is 2.48 bits per heavy atom. The van der Waals surface area contributed by atoms with Crippen LogP contribution in [0.15, 0.2) is 0 Å². The van der Waals surface area contributed by atoms with E-state index in [0.717, 1.165) is 12.1 Å². The molecule has 2 saturated heterocycles. The Morgan fingerprint density at radius 2 is 1.76 bits per heavy atom. The van der Waals surface area contributed by atoms with E-state index >= 15 is 0 Å². The molecule has 0 aromatic carbocycles. The third-order valence-corrected chi connectivity index (χ3v) is 6.22. The predicted molar refractivity (Wildman–Crippen MR) is 85.5 cm³/mol. The zero-order valence-electron chi connectivity index (χ0n) is 13.5. The Morgan fingerprint density at radius 1 is 0.905 bits per heavy atom. The van der Waals surface area contributed by atoms with Crippen LogP contribution in [-0.4, -0.2) is 48.3 Å². The number of rotatable bonds is 5. The molecule has 1 spiro atoms. The highest BCUT2D eigenvalue weighted by Crippen LogP contribution is 2.43. The Kier molecular flexibility index (Phi) is 4.25. The van der Waals surface area contributed by atoms with Crippen molar-refractivity contribution in [2.75, 3.05) is 19.6 Å². The minimum Gasteiger partial charge on any atom is -0.370 e. The highest BCUT2D eigenvalue weighted by atomic mass is 16.5. The summed E-state index contributed by atoms with van der Waals surface area (Å²) in [5, 5.41) is 3.72. The summed E-state index contributed by atoms with van der Waals surface area (Å²) >= 11 is 0. The normalized spacial score (nSPS) is 35.9. The lowest BCUT2D eigenvalue weighted by molar-refractivity contribution is -0.0489. The standard InChI is InChI=1S/C18H32N2O/c1-4-12-19-15(5-1)13-20(16-6-7-16)14-17-8-11-18(21-17)9-2-3-10-18/h15-17,19H,1-14H2. The van der Waals surface area contributed by atoms with Crippen molar-refractivity contribution in [3.63, 3.8) is 0 Å². The molecule has 4 aliphatic rings. The average Bonchev–Trinajstić information content (AvgIpc) is 3.15. The summed E-state index contributed by atoms with van der Waals surface area (Å²) in [5.41, 5.74) is 0.309. The molecule has 21 heavy (non-hydrogen) atoms. The Labute approximate surface area is 129 Å². The van der Waals surface area contributed by atoms with Gasteiger partial charge in [0.15, 0.2) is 0 Å². The summed E-state index contributed by atoms with van der Waals surface area (Å²) in [6.45, 7) is 3.69. The van der Waals surface area contributed by atoms with Gasteiger partial charge in [-0.25, -0.2) is 0 Å². The first-order chi connectivity index (χ1) is 10.3. The number of hydrogen-bond acceptors (Lipinski definition) is 3. The summed E-state index contributed by atoms with van der Waals surface area (Å²) in [6, 6.07) is 1.61. The van der Waals surface area contributed by atoms with E-state index in [1.165, 1.54) is 90.3 Å². The maximum Gasteiger partial charge on any atom is 0.0710 e. The number of piperidine rings is 1. The fourth-order valence-electron chi connectivity index (χ4n) is 4.85. The van der Waals surface area contributed by atoms with Gasteiger partial charge < -0.3 is 10.1 Å². The van der Waals surface area contributed by atoms with E-state index in [-0.39, 0.29) is 0 Å². The topological polar surface area (TPSA) is 24.5 Å². The molecular formula is C18H32N2O. The van der Waals surface area contributed by atoms with Crippen molar-refractivity contribution in [1.29, 1.82) is 0 Å². The van der Waals surface area contributed by atoms with Crippen LogP contribution in [0.1, 0.15) is 70.6 Å². The molecule has 0 aromatic heterocycles. The lowest BCUT2D eigenvalue weighted by atomic mass is 9.98. The molecule has 0 aromatic rings. The second-order valence-electron chi connectivity index (χ2n) is 8.00. The third-order valence-electron chi connectivity index (χ3n) is 6.22. The van der Waals surface area contributed by atoms with Gasteiger partial charge >= 0.3 is 0 Å². The first-order valence-corrected chi connectivity index (χ1v) is 9.48. The molecular weight excluding hydrogens is 260 g/mol. The molecule has 4 fully saturated rings. The molecule has 2 atom stereocenters. The fraction of sp³-hybridized carbons (Fsp3) is 1.00. The van der Waals surface area contributed by atoms with Crippen molar-refractivity contribution in [3.05, 3.63) is 0 Å². The second kappa shape index (κ2) is 6.17. The molecule has 0 amide bonds. The molecule has 2 heterocycles. The summed E-state index contributed by atoms with van der Waals surface area (Å²) < 4.78 is 6.55. The van der Waals surface area contributed by atoms with Crippen molar-refractivity contribution in [1.82, 2.24) is 10.2 Å². The monoisotopic (exact) mass is 292 g/mol. The molecule has 1 N–H and O–H groups in total. The maximum absolute atomic E-state index is 6.55. The van der Waals surface area contributed by atoms with Gasteiger partial charge in [0.1, 0.15) is 0 Å². The first-order valence-electron chi connectivity index (χ1n) is 9.48. The highest BCUT2D eigenvalue weighted by Gasteiger charge is 2.43. The summed E-state index contributed by atoms with van der Waals surface area (Å²) in [5.74, 6) is 0. The number of hydrogen-bond donors (Lipinski definition) is 1.